The van der Waals surface area contributed by atoms with Gasteiger partial charge in [0.2, 0.25) is 5.96 Å². The summed E-state index contributed by atoms with van der Waals surface area (Å²) >= 11 is 0. The van der Waals surface area contributed by atoms with Gasteiger partial charge < -0.3 is 15.1 Å². The molecule has 1 aliphatic rings. The first-order valence-corrected chi connectivity index (χ1v) is 5.02. The highest BCUT2D eigenvalue weighted by molar-refractivity contribution is 6.07. The van der Waals surface area contributed by atoms with E-state index in [1.807, 2.05) is 25.8 Å². The van der Waals surface area contributed by atoms with Gasteiger partial charge in [-0.1, -0.05) is 0 Å². The molecular formula is C10H15N5O. The molecule has 0 saturated heterocycles. The van der Waals surface area contributed by atoms with Crippen LogP contribution in [0.2, 0.25) is 0 Å². The van der Waals surface area contributed by atoms with E-state index >= 15 is 0 Å². The lowest BCUT2D eigenvalue weighted by Crippen LogP contribution is -2.48. The Morgan fingerprint density at radius 3 is 2.75 bits per heavy atom. The monoisotopic (exact) mass is 221 g/mol. The average Bonchev–Trinajstić information content (AvgIpc) is 2.62. The number of furan rings is 1. The number of aryl methyl sites for hydroxylation is 1. The van der Waals surface area contributed by atoms with Crippen LogP contribution in [0.5, 0.6) is 0 Å². The fourth-order valence-electron chi connectivity index (χ4n) is 1.57. The van der Waals surface area contributed by atoms with Crippen LogP contribution in [0.1, 0.15) is 12.5 Å². The second-order valence-electron chi connectivity index (χ2n) is 3.72. The number of aliphatic imine (C=N–C) groups is 2. The van der Waals surface area contributed by atoms with Crippen LogP contribution in [-0.2, 0) is 0 Å². The smallest absolute Gasteiger partial charge is 0.207 e. The second kappa shape index (κ2) is 3.88. The Kier molecular flexibility index (Phi) is 2.55. The van der Waals surface area contributed by atoms with Crippen molar-refractivity contribution in [3.63, 3.8) is 0 Å². The third-order valence-corrected chi connectivity index (χ3v) is 2.38. The van der Waals surface area contributed by atoms with Crippen molar-refractivity contribution in [2.75, 3.05) is 11.9 Å². The predicted octanol–water partition coefficient (Wildman–Crippen LogP) is 0.644. The molecule has 0 fully saturated rings. The normalized spacial score (nSPS) is 19.8. The molecule has 0 radical (unpaired) electrons. The highest BCUT2D eigenvalue weighted by Gasteiger charge is 2.17. The molecule has 0 amide bonds. The van der Waals surface area contributed by atoms with Crippen LogP contribution in [0.4, 0.5) is 5.69 Å². The van der Waals surface area contributed by atoms with Gasteiger partial charge in [-0.3, -0.25) is 5.32 Å². The van der Waals surface area contributed by atoms with Crippen molar-refractivity contribution < 1.29 is 4.42 Å². The molecule has 1 atom stereocenters. The average molecular weight is 221 g/mol. The Bertz CT molecular complexity index is 448. The number of nitrogens with one attached hydrogen (secondary N) is 1. The summed E-state index contributed by atoms with van der Waals surface area (Å²) < 4.78 is 5.12. The second-order valence-corrected chi connectivity index (χ2v) is 3.72. The number of rotatable bonds is 1. The Morgan fingerprint density at radius 2 is 2.19 bits per heavy atom. The van der Waals surface area contributed by atoms with Gasteiger partial charge in [0.1, 0.15) is 12.4 Å². The predicted molar refractivity (Wildman–Crippen MR) is 63.5 cm³/mol. The maximum atomic E-state index is 5.65. The molecule has 1 aromatic rings. The molecule has 6 heteroatoms. The molecule has 1 unspecified atom stereocenters. The van der Waals surface area contributed by atoms with E-state index < -0.39 is 0 Å². The van der Waals surface area contributed by atoms with Crippen LogP contribution in [-0.4, -0.2) is 25.1 Å². The molecule has 16 heavy (non-hydrogen) atoms. The maximum absolute atomic E-state index is 5.65. The first kappa shape index (κ1) is 10.5. The summed E-state index contributed by atoms with van der Waals surface area (Å²) in [5.41, 5.74) is 7.65. The number of nitrogens with two attached hydrogens (primary N) is 1. The minimum Gasteiger partial charge on any atom is -0.470 e. The van der Waals surface area contributed by atoms with E-state index in [4.69, 9.17) is 10.2 Å². The molecule has 0 bridgehead atoms. The van der Waals surface area contributed by atoms with Crippen molar-refractivity contribution >= 4 is 17.6 Å². The summed E-state index contributed by atoms with van der Waals surface area (Å²) in [6, 6.07) is 0. The van der Waals surface area contributed by atoms with Gasteiger partial charge in [0.05, 0.1) is 12.0 Å². The van der Waals surface area contributed by atoms with E-state index in [-0.39, 0.29) is 6.17 Å². The van der Waals surface area contributed by atoms with Gasteiger partial charge in [-0.05, 0) is 13.8 Å². The standard InChI is InChI=1S/C10H15N5O/c1-6-4-16-5-8(6)15(3)10-13-7(2)12-9(11)14-10/h4-5,7H,1-3H3,(H3,11,12,13,14). The molecule has 3 N–H and O–H groups in total. The Morgan fingerprint density at radius 1 is 1.44 bits per heavy atom. The number of guanidine groups is 2. The number of hydrogen-bond donors (Lipinski definition) is 2. The number of hydrogen-bond acceptors (Lipinski definition) is 6. The molecule has 0 aromatic carbocycles. The minimum atomic E-state index is -0.161. The first-order chi connectivity index (χ1) is 7.58. The van der Waals surface area contributed by atoms with Crippen LogP contribution >= 0.6 is 0 Å². The first-order valence-electron chi connectivity index (χ1n) is 5.02. The molecule has 0 spiro atoms. The summed E-state index contributed by atoms with van der Waals surface area (Å²) in [6.45, 7) is 3.85. The van der Waals surface area contributed by atoms with Crippen LogP contribution < -0.4 is 16.0 Å². The van der Waals surface area contributed by atoms with Crippen LogP contribution in [0.15, 0.2) is 26.9 Å². The summed E-state index contributed by atoms with van der Waals surface area (Å²) in [5.74, 6) is 1.05. The quantitative estimate of drug-likeness (QED) is 0.729. The molecule has 0 saturated carbocycles. The molecule has 1 aliphatic heterocycles. The molecular weight excluding hydrogens is 206 g/mol. The highest BCUT2D eigenvalue weighted by Crippen LogP contribution is 2.20. The van der Waals surface area contributed by atoms with Crippen molar-refractivity contribution in [3.8, 4) is 0 Å². The van der Waals surface area contributed by atoms with Crippen molar-refractivity contribution in [1.29, 1.82) is 0 Å². The van der Waals surface area contributed by atoms with Gasteiger partial charge in [0, 0.05) is 12.6 Å². The highest BCUT2D eigenvalue weighted by atomic mass is 16.3. The molecule has 86 valence electrons. The third kappa shape index (κ3) is 1.86. The number of nitrogens with zero attached hydrogens (tertiary/aromatic N) is 3. The lowest BCUT2D eigenvalue weighted by Gasteiger charge is -2.24. The largest absolute Gasteiger partial charge is 0.470 e. The minimum absolute atomic E-state index is 0.161. The van der Waals surface area contributed by atoms with Crippen molar-refractivity contribution in [2.24, 2.45) is 15.7 Å². The molecule has 6 nitrogen and oxygen atoms in total. The molecule has 1 aromatic heterocycles. The summed E-state index contributed by atoms with van der Waals surface area (Å²) in [5, 5.41) is 2.92. The van der Waals surface area contributed by atoms with E-state index in [0.717, 1.165) is 11.3 Å². The summed E-state index contributed by atoms with van der Waals surface area (Å²) in [7, 11) is 1.90. The lowest BCUT2D eigenvalue weighted by atomic mass is 10.3. The van der Waals surface area contributed by atoms with E-state index in [1.54, 1.807) is 12.5 Å². The Labute approximate surface area is 93.8 Å². The van der Waals surface area contributed by atoms with Gasteiger partial charge in [-0.25, -0.2) is 9.98 Å². The zero-order chi connectivity index (χ0) is 11.7. The SMILES string of the molecule is Cc1cocc1N(C)C1=NC(C)N=C(N)N1. The molecule has 2 rings (SSSR count). The van der Waals surface area contributed by atoms with E-state index in [1.165, 1.54) is 0 Å². The van der Waals surface area contributed by atoms with Crippen LogP contribution in [0.25, 0.3) is 0 Å². The van der Waals surface area contributed by atoms with Gasteiger partial charge >= 0.3 is 0 Å². The Balaban J connectivity index is 2.24. The molecule has 2 heterocycles. The topological polar surface area (TPSA) is 79.2 Å². The van der Waals surface area contributed by atoms with E-state index in [9.17, 15) is 0 Å². The lowest BCUT2D eigenvalue weighted by molar-refractivity contribution is 0.565. The summed E-state index contributed by atoms with van der Waals surface area (Å²) in [4.78, 5) is 10.3. The third-order valence-electron chi connectivity index (χ3n) is 2.38. The Hall–Kier alpha value is -1.98. The van der Waals surface area contributed by atoms with Crippen molar-refractivity contribution in [1.82, 2.24) is 5.32 Å². The fourth-order valence-corrected chi connectivity index (χ4v) is 1.57. The van der Waals surface area contributed by atoms with Crippen LogP contribution in [0, 0.1) is 6.92 Å². The summed E-state index contributed by atoms with van der Waals surface area (Å²) in [6.07, 6.45) is 3.20. The molecule has 0 aliphatic carbocycles. The zero-order valence-electron chi connectivity index (χ0n) is 9.56. The van der Waals surface area contributed by atoms with Gasteiger partial charge in [-0.15, -0.1) is 0 Å². The fraction of sp³-hybridized carbons (Fsp3) is 0.400. The van der Waals surface area contributed by atoms with E-state index in [2.05, 4.69) is 15.3 Å². The van der Waals surface area contributed by atoms with E-state index in [0.29, 0.717) is 11.9 Å². The van der Waals surface area contributed by atoms with Crippen molar-refractivity contribution in [3.05, 3.63) is 18.1 Å². The zero-order valence-corrected chi connectivity index (χ0v) is 9.56. The van der Waals surface area contributed by atoms with Gasteiger partial charge in [0.25, 0.3) is 0 Å². The van der Waals surface area contributed by atoms with Crippen LogP contribution in [0.3, 0.4) is 0 Å². The van der Waals surface area contributed by atoms with Crippen molar-refractivity contribution in [2.45, 2.75) is 20.0 Å². The van der Waals surface area contributed by atoms with Gasteiger partial charge in [0.15, 0.2) is 5.96 Å². The maximum Gasteiger partial charge on any atom is 0.207 e. The number of anilines is 1. The van der Waals surface area contributed by atoms with Gasteiger partial charge in [-0.2, -0.15) is 0 Å².